The van der Waals surface area contributed by atoms with Crippen LogP contribution < -0.4 is 4.74 Å². The van der Waals surface area contributed by atoms with Gasteiger partial charge in [0.25, 0.3) is 0 Å². The van der Waals surface area contributed by atoms with Gasteiger partial charge in [-0.2, -0.15) is 19.0 Å². The van der Waals surface area contributed by atoms with Gasteiger partial charge in [0.15, 0.2) is 11.5 Å². The lowest BCUT2D eigenvalue weighted by Gasteiger charge is -2.09. The molecule has 0 aliphatic heterocycles. The summed E-state index contributed by atoms with van der Waals surface area (Å²) in [6.45, 7) is -3.41. The molecule has 1 aromatic rings. The summed E-state index contributed by atoms with van der Waals surface area (Å²) < 4.78 is 37.9. The van der Waals surface area contributed by atoms with Gasteiger partial charge in [-0.1, -0.05) is 12.1 Å². The average molecular weight is 316 g/mol. The first-order valence-corrected chi connectivity index (χ1v) is 6.03. The summed E-state index contributed by atoms with van der Waals surface area (Å²) in [7, 11) is 2.36. The van der Waals surface area contributed by atoms with Gasteiger partial charge in [-0.3, -0.25) is 4.79 Å². The minimum Gasteiger partial charge on any atom is -0.467 e. The molecule has 0 aromatic heterocycles. The number of ketones is 1. The molecule has 0 spiro atoms. The van der Waals surface area contributed by atoms with Crippen molar-refractivity contribution in [3.63, 3.8) is 0 Å². The quantitative estimate of drug-likeness (QED) is 0.416. The maximum atomic E-state index is 12.3. The minimum atomic E-state index is -3.04. The summed E-state index contributed by atoms with van der Waals surface area (Å²) in [5.41, 5.74) is -0.0538. The number of hydrogen-bond donors (Lipinski definition) is 0. The van der Waals surface area contributed by atoms with Gasteiger partial charge in [-0.05, 0) is 12.1 Å². The number of azo groups is 1. The summed E-state index contributed by atoms with van der Waals surface area (Å²) in [6.07, 6.45) is 0. The number of halogens is 2. The Morgan fingerprint density at radius 2 is 1.91 bits per heavy atom. The Hall–Kier alpha value is -2.42. The van der Waals surface area contributed by atoms with Crippen molar-refractivity contribution < 1.29 is 32.6 Å². The molecular weight excluding hydrogens is 302 g/mol. The first-order chi connectivity index (χ1) is 10.5. The van der Waals surface area contributed by atoms with E-state index in [1.165, 1.54) is 31.4 Å². The molecule has 0 aliphatic carbocycles. The second-order valence-electron chi connectivity index (χ2n) is 3.89. The third-order valence-corrected chi connectivity index (χ3v) is 2.38. The molecular formula is C13H14F2N2O5. The SMILES string of the molecule is COCC(=O)C(N=Nc1ccccc1OC(F)F)C(=O)OC. The molecule has 0 aliphatic rings. The van der Waals surface area contributed by atoms with E-state index in [-0.39, 0.29) is 18.0 Å². The predicted octanol–water partition coefficient (Wildman–Crippen LogP) is 2.13. The third kappa shape index (κ3) is 5.17. The van der Waals surface area contributed by atoms with E-state index < -0.39 is 24.4 Å². The van der Waals surface area contributed by atoms with E-state index in [1.807, 2.05) is 0 Å². The number of rotatable bonds is 8. The monoisotopic (exact) mass is 316 g/mol. The van der Waals surface area contributed by atoms with Crippen molar-refractivity contribution in [3.8, 4) is 5.75 Å². The van der Waals surface area contributed by atoms with Crippen molar-refractivity contribution in [1.82, 2.24) is 0 Å². The lowest BCUT2D eigenvalue weighted by molar-refractivity contribution is -0.146. The van der Waals surface area contributed by atoms with Gasteiger partial charge in [-0.25, -0.2) is 4.79 Å². The predicted molar refractivity (Wildman–Crippen MR) is 70.3 cm³/mol. The maximum Gasteiger partial charge on any atom is 0.387 e. The molecule has 9 heteroatoms. The summed E-state index contributed by atoms with van der Waals surface area (Å²) >= 11 is 0. The Bertz CT molecular complexity index is 551. The zero-order chi connectivity index (χ0) is 16.5. The van der Waals surface area contributed by atoms with E-state index >= 15 is 0 Å². The third-order valence-electron chi connectivity index (χ3n) is 2.38. The number of nitrogens with zero attached hydrogens (tertiary/aromatic N) is 2. The normalized spacial score (nSPS) is 12.4. The van der Waals surface area contributed by atoms with E-state index in [0.717, 1.165) is 7.11 Å². The van der Waals surface area contributed by atoms with Crippen LogP contribution in [0.1, 0.15) is 0 Å². The molecule has 0 fully saturated rings. The number of carbonyl (C=O) groups is 2. The second-order valence-corrected chi connectivity index (χ2v) is 3.89. The van der Waals surface area contributed by atoms with Crippen molar-refractivity contribution in [2.45, 2.75) is 12.7 Å². The van der Waals surface area contributed by atoms with Crippen molar-refractivity contribution in [2.24, 2.45) is 10.2 Å². The van der Waals surface area contributed by atoms with Crippen LogP contribution in [-0.2, 0) is 19.1 Å². The second kappa shape index (κ2) is 8.78. The summed E-state index contributed by atoms with van der Waals surface area (Å²) in [4.78, 5) is 23.2. The molecule has 0 N–H and O–H groups in total. The smallest absolute Gasteiger partial charge is 0.387 e. The molecule has 22 heavy (non-hydrogen) atoms. The molecule has 1 atom stereocenters. The molecule has 0 saturated heterocycles. The number of methoxy groups -OCH3 is 2. The summed E-state index contributed by atoms with van der Waals surface area (Å²) in [5.74, 6) is -1.84. The van der Waals surface area contributed by atoms with Gasteiger partial charge in [-0.15, -0.1) is 0 Å². The number of Topliss-reactive ketones (excluding diaryl/α,β-unsaturated/α-hetero) is 1. The van der Waals surface area contributed by atoms with E-state index in [0.29, 0.717) is 0 Å². The van der Waals surface area contributed by atoms with E-state index in [4.69, 9.17) is 0 Å². The Morgan fingerprint density at radius 3 is 2.50 bits per heavy atom. The van der Waals surface area contributed by atoms with Gasteiger partial charge in [0, 0.05) is 7.11 Å². The topological polar surface area (TPSA) is 86.5 Å². The number of hydrogen-bond acceptors (Lipinski definition) is 7. The lowest BCUT2D eigenvalue weighted by atomic mass is 10.2. The highest BCUT2D eigenvalue weighted by molar-refractivity contribution is 6.03. The number of esters is 1. The van der Waals surface area contributed by atoms with E-state index in [1.54, 1.807) is 0 Å². The fourth-order valence-electron chi connectivity index (χ4n) is 1.43. The highest BCUT2D eigenvalue weighted by Crippen LogP contribution is 2.28. The fourth-order valence-corrected chi connectivity index (χ4v) is 1.43. The van der Waals surface area contributed by atoms with Crippen LogP contribution in [0.2, 0.25) is 0 Å². The van der Waals surface area contributed by atoms with E-state index in [2.05, 4.69) is 24.4 Å². The zero-order valence-corrected chi connectivity index (χ0v) is 11.9. The van der Waals surface area contributed by atoms with Crippen LogP contribution in [-0.4, -0.2) is 45.2 Å². The molecule has 7 nitrogen and oxygen atoms in total. The first-order valence-electron chi connectivity index (χ1n) is 6.03. The standard InChI is InChI=1S/C13H14F2N2O5/c1-20-7-9(18)11(12(19)21-2)17-16-8-5-3-4-6-10(8)22-13(14)15/h3-6,11,13H,7H2,1-2H3. The molecule has 0 saturated carbocycles. The van der Waals surface area contributed by atoms with Gasteiger partial charge in [0.05, 0.1) is 7.11 Å². The molecule has 0 radical (unpaired) electrons. The summed E-state index contributed by atoms with van der Waals surface area (Å²) in [6, 6.07) is 4.03. The van der Waals surface area contributed by atoms with Crippen molar-refractivity contribution >= 4 is 17.4 Å². The van der Waals surface area contributed by atoms with Crippen LogP contribution in [0.5, 0.6) is 5.75 Å². The Labute approximate surface area is 124 Å². The highest BCUT2D eigenvalue weighted by Gasteiger charge is 2.27. The average Bonchev–Trinajstić information content (AvgIpc) is 2.48. The van der Waals surface area contributed by atoms with Gasteiger partial charge < -0.3 is 14.2 Å². The van der Waals surface area contributed by atoms with Gasteiger partial charge in [0.2, 0.25) is 6.04 Å². The molecule has 120 valence electrons. The zero-order valence-electron chi connectivity index (χ0n) is 11.9. The molecule has 1 aromatic carbocycles. The van der Waals surface area contributed by atoms with Gasteiger partial charge in [0.1, 0.15) is 12.3 Å². The summed E-state index contributed by atoms with van der Waals surface area (Å²) in [5, 5.41) is 7.17. The highest BCUT2D eigenvalue weighted by atomic mass is 19.3. The van der Waals surface area contributed by atoms with Crippen LogP contribution in [0, 0.1) is 0 Å². The van der Waals surface area contributed by atoms with Crippen LogP contribution in [0.25, 0.3) is 0 Å². The lowest BCUT2D eigenvalue weighted by Crippen LogP contribution is -2.31. The Morgan fingerprint density at radius 1 is 1.23 bits per heavy atom. The number of para-hydroxylation sites is 1. The van der Waals surface area contributed by atoms with Crippen molar-refractivity contribution in [1.29, 1.82) is 0 Å². The minimum absolute atomic E-state index is 0.0538. The maximum absolute atomic E-state index is 12.3. The number of ether oxygens (including phenoxy) is 3. The first kappa shape index (κ1) is 17.6. The Balaban J connectivity index is 3.00. The number of carbonyl (C=O) groups excluding carboxylic acids is 2. The van der Waals surface area contributed by atoms with Gasteiger partial charge >= 0.3 is 12.6 Å². The van der Waals surface area contributed by atoms with Crippen LogP contribution in [0.15, 0.2) is 34.5 Å². The van der Waals surface area contributed by atoms with Crippen molar-refractivity contribution in [3.05, 3.63) is 24.3 Å². The van der Waals surface area contributed by atoms with Crippen molar-refractivity contribution in [2.75, 3.05) is 20.8 Å². The number of alkyl halides is 2. The largest absolute Gasteiger partial charge is 0.467 e. The van der Waals surface area contributed by atoms with Crippen LogP contribution in [0.4, 0.5) is 14.5 Å². The number of benzene rings is 1. The molecule has 0 heterocycles. The van der Waals surface area contributed by atoms with Crippen LogP contribution in [0.3, 0.4) is 0 Å². The van der Waals surface area contributed by atoms with E-state index in [9.17, 15) is 18.4 Å². The fraction of sp³-hybridized carbons (Fsp3) is 0.385. The molecule has 1 rings (SSSR count). The molecule has 0 bridgehead atoms. The molecule has 0 amide bonds. The van der Waals surface area contributed by atoms with Crippen LogP contribution >= 0.6 is 0 Å². The molecule has 1 unspecified atom stereocenters. The Kier molecular flexibility index (Phi) is 7.03.